The number of anilines is 1. The Morgan fingerprint density at radius 1 is 1.14 bits per heavy atom. The number of hydrogen-bond donors (Lipinski definition) is 1. The van der Waals surface area contributed by atoms with Gasteiger partial charge in [0.2, 0.25) is 5.91 Å². The van der Waals surface area contributed by atoms with Crippen LogP contribution in [0.15, 0.2) is 48.5 Å². The Kier molecular flexibility index (Phi) is 4.77. The van der Waals surface area contributed by atoms with Gasteiger partial charge in [0.05, 0.1) is 16.6 Å². The number of carbonyl (C=O) groups is 2. The van der Waals surface area contributed by atoms with Crippen LogP contribution in [0.5, 0.6) is 0 Å². The number of halogens is 2. The number of alkyl halides is 2. The van der Waals surface area contributed by atoms with Crippen LogP contribution in [0.25, 0.3) is 11.0 Å². The number of ether oxygens (including phenoxy) is 1. The van der Waals surface area contributed by atoms with Crippen molar-refractivity contribution in [1.82, 2.24) is 9.55 Å². The van der Waals surface area contributed by atoms with Gasteiger partial charge in [0, 0.05) is 11.6 Å². The van der Waals surface area contributed by atoms with Crippen LogP contribution in [-0.2, 0) is 16.1 Å². The number of benzene rings is 2. The number of carbonyl (C=O) groups excluding carboxylic acids is 2. The number of fused-ring (bicyclic) bond motifs is 1. The molecule has 1 aliphatic carbocycles. The summed E-state index contributed by atoms with van der Waals surface area (Å²) in [5.74, 6) is -0.634. The molecule has 1 N–H and O–H groups in total. The predicted molar refractivity (Wildman–Crippen MR) is 97.9 cm³/mol. The van der Waals surface area contributed by atoms with Crippen molar-refractivity contribution in [2.24, 2.45) is 5.92 Å². The zero-order chi connectivity index (χ0) is 19.7. The number of esters is 1. The average Bonchev–Trinajstić information content (AvgIpc) is 3.47. The lowest BCUT2D eigenvalue weighted by Crippen LogP contribution is -2.13. The van der Waals surface area contributed by atoms with Crippen LogP contribution in [0.3, 0.4) is 0 Å². The Labute approximate surface area is 159 Å². The molecule has 1 aliphatic rings. The molecule has 8 heteroatoms. The van der Waals surface area contributed by atoms with Crippen molar-refractivity contribution in [2.75, 3.05) is 5.32 Å². The molecule has 3 aromatic rings. The first-order valence-electron chi connectivity index (χ1n) is 8.85. The number of para-hydroxylation sites is 2. The van der Waals surface area contributed by atoms with E-state index in [0.717, 1.165) is 17.4 Å². The average molecular weight is 385 g/mol. The minimum Gasteiger partial charge on any atom is -0.454 e. The predicted octanol–water partition coefficient (Wildman–Crippen LogP) is 4.14. The van der Waals surface area contributed by atoms with Gasteiger partial charge in [-0.2, -0.15) is 8.78 Å². The molecule has 0 spiro atoms. The molecular weight excluding hydrogens is 368 g/mol. The fourth-order valence-electron chi connectivity index (χ4n) is 2.91. The Morgan fingerprint density at radius 2 is 1.86 bits per heavy atom. The van der Waals surface area contributed by atoms with E-state index >= 15 is 0 Å². The number of nitrogens with one attached hydrogen (secondary N) is 1. The van der Waals surface area contributed by atoms with E-state index in [0.29, 0.717) is 11.2 Å². The van der Waals surface area contributed by atoms with Gasteiger partial charge < -0.3 is 10.1 Å². The molecule has 1 amide bonds. The van der Waals surface area contributed by atoms with E-state index in [4.69, 9.17) is 4.74 Å². The van der Waals surface area contributed by atoms with Crippen molar-refractivity contribution in [3.05, 3.63) is 59.9 Å². The van der Waals surface area contributed by atoms with Gasteiger partial charge in [-0.1, -0.05) is 12.1 Å². The quantitative estimate of drug-likeness (QED) is 0.648. The second-order valence-corrected chi connectivity index (χ2v) is 6.58. The molecule has 0 bridgehead atoms. The van der Waals surface area contributed by atoms with Crippen LogP contribution in [0.2, 0.25) is 0 Å². The van der Waals surface area contributed by atoms with E-state index < -0.39 is 12.5 Å². The molecule has 0 aliphatic heterocycles. The molecule has 144 valence electrons. The summed E-state index contributed by atoms with van der Waals surface area (Å²) < 4.78 is 32.7. The van der Waals surface area contributed by atoms with Crippen molar-refractivity contribution < 1.29 is 23.1 Å². The molecular formula is C20H17F2N3O3. The molecule has 1 aromatic heterocycles. The number of aromatic nitrogens is 2. The molecule has 0 radical (unpaired) electrons. The minimum atomic E-state index is -2.80. The summed E-state index contributed by atoms with van der Waals surface area (Å²) in [6.45, 7) is -3.17. The van der Waals surface area contributed by atoms with E-state index in [-0.39, 0.29) is 35.3 Å². The van der Waals surface area contributed by atoms with Crippen molar-refractivity contribution in [1.29, 1.82) is 0 Å². The summed E-state index contributed by atoms with van der Waals surface area (Å²) in [4.78, 5) is 28.1. The monoisotopic (exact) mass is 385 g/mol. The van der Waals surface area contributed by atoms with Gasteiger partial charge in [-0.15, -0.1) is 0 Å². The van der Waals surface area contributed by atoms with E-state index in [1.165, 1.54) is 18.2 Å². The number of nitrogens with zero attached hydrogens (tertiary/aromatic N) is 2. The van der Waals surface area contributed by atoms with Gasteiger partial charge in [-0.25, -0.2) is 9.78 Å². The van der Waals surface area contributed by atoms with Crippen LogP contribution in [-0.4, -0.2) is 21.4 Å². The van der Waals surface area contributed by atoms with Gasteiger partial charge in [0.15, 0.2) is 5.82 Å². The maximum atomic E-state index is 13.4. The van der Waals surface area contributed by atoms with Crippen LogP contribution in [0, 0.1) is 5.92 Å². The Balaban J connectivity index is 1.43. The second-order valence-electron chi connectivity index (χ2n) is 6.58. The lowest BCUT2D eigenvalue weighted by atomic mass is 10.2. The normalized spacial score (nSPS) is 13.7. The van der Waals surface area contributed by atoms with Gasteiger partial charge in [-0.3, -0.25) is 9.36 Å². The summed E-state index contributed by atoms with van der Waals surface area (Å²) in [5, 5.41) is 2.77. The van der Waals surface area contributed by atoms with Crippen molar-refractivity contribution in [2.45, 2.75) is 26.0 Å². The van der Waals surface area contributed by atoms with E-state index in [9.17, 15) is 18.4 Å². The van der Waals surface area contributed by atoms with Crippen molar-refractivity contribution in [3.8, 4) is 0 Å². The summed E-state index contributed by atoms with van der Waals surface area (Å²) in [7, 11) is 0. The van der Waals surface area contributed by atoms with Crippen LogP contribution < -0.4 is 5.32 Å². The molecule has 1 saturated carbocycles. The highest BCUT2D eigenvalue weighted by atomic mass is 19.3. The van der Waals surface area contributed by atoms with Gasteiger partial charge in [0.1, 0.15) is 6.61 Å². The Hall–Kier alpha value is -3.29. The molecule has 0 unspecified atom stereocenters. The lowest BCUT2D eigenvalue weighted by molar-refractivity contribution is -0.117. The second kappa shape index (κ2) is 7.38. The molecule has 4 rings (SSSR count). The molecule has 0 saturated heterocycles. The molecule has 1 heterocycles. The number of rotatable bonds is 6. The third-order valence-corrected chi connectivity index (χ3v) is 4.53. The smallest absolute Gasteiger partial charge is 0.338 e. The highest BCUT2D eigenvalue weighted by Gasteiger charge is 2.29. The third kappa shape index (κ3) is 3.71. The van der Waals surface area contributed by atoms with Crippen molar-refractivity contribution >= 4 is 28.6 Å². The first kappa shape index (κ1) is 18.1. The van der Waals surface area contributed by atoms with Gasteiger partial charge in [-0.05, 0) is 49.2 Å². The summed E-state index contributed by atoms with van der Waals surface area (Å²) in [6.07, 6.45) is 1.80. The lowest BCUT2D eigenvalue weighted by Gasteiger charge is -2.09. The first-order chi connectivity index (χ1) is 13.5. The maximum absolute atomic E-state index is 13.4. The van der Waals surface area contributed by atoms with Crippen LogP contribution >= 0.6 is 0 Å². The Morgan fingerprint density at radius 3 is 2.54 bits per heavy atom. The van der Waals surface area contributed by atoms with Gasteiger partial charge in [0.25, 0.3) is 0 Å². The number of amides is 1. The van der Waals surface area contributed by atoms with E-state index in [1.807, 2.05) is 0 Å². The zero-order valence-corrected chi connectivity index (χ0v) is 14.8. The third-order valence-electron chi connectivity index (χ3n) is 4.53. The number of hydrogen-bond acceptors (Lipinski definition) is 4. The highest BCUT2D eigenvalue weighted by molar-refractivity contribution is 5.95. The maximum Gasteiger partial charge on any atom is 0.338 e. The largest absolute Gasteiger partial charge is 0.454 e. The van der Waals surface area contributed by atoms with E-state index in [2.05, 4.69) is 10.3 Å². The molecule has 1 fully saturated rings. The van der Waals surface area contributed by atoms with E-state index in [1.54, 1.807) is 30.3 Å². The van der Waals surface area contributed by atoms with Crippen LogP contribution in [0.1, 0.15) is 35.6 Å². The fraction of sp³-hybridized carbons (Fsp3) is 0.250. The minimum absolute atomic E-state index is 0.0266. The SMILES string of the molecule is O=C(OCc1nc2ccccc2n1C(F)F)c1ccc(NC(=O)C2CC2)cc1. The summed E-state index contributed by atoms with van der Waals surface area (Å²) >= 11 is 0. The Bertz CT molecular complexity index is 1030. The molecule has 0 atom stereocenters. The number of imidazole rings is 1. The fourth-order valence-corrected chi connectivity index (χ4v) is 2.91. The first-order valence-corrected chi connectivity index (χ1v) is 8.85. The van der Waals surface area contributed by atoms with Crippen LogP contribution in [0.4, 0.5) is 14.5 Å². The standard InChI is InChI=1S/C20H17F2N3O3/c21-20(22)25-16-4-2-1-3-15(16)24-17(25)11-28-19(27)13-7-9-14(10-8-13)23-18(26)12-5-6-12/h1-4,7-10,12,20H,5-6,11H2,(H,23,26). The molecule has 2 aromatic carbocycles. The van der Waals surface area contributed by atoms with Gasteiger partial charge >= 0.3 is 12.5 Å². The molecule has 6 nitrogen and oxygen atoms in total. The summed E-state index contributed by atoms with van der Waals surface area (Å²) in [6, 6.07) is 12.7. The zero-order valence-electron chi connectivity index (χ0n) is 14.8. The highest BCUT2D eigenvalue weighted by Crippen LogP contribution is 2.30. The topological polar surface area (TPSA) is 73.2 Å². The molecule has 28 heavy (non-hydrogen) atoms. The van der Waals surface area contributed by atoms with Crippen molar-refractivity contribution in [3.63, 3.8) is 0 Å². The summed E-state index contributed by atoms with van der Waals surface area (Å²) in [5.41, 5.74) is 1.53.